The molecule has 130 valence electrons. The van der Waals surface area contributed by atoms with Crippen molar-refractivity contribution in [2.24, 2.45) is 0 Å². The van der Waals surface area contributed by atoms with Crippen LogP contribution in [0.5, 0.6) is 11.5 Å². The third kappa shape index (κ3) is 5.26. The van der Waals surface area contributed by atoms with E-state index in [4.69, 9.17) is 18.9 Å². The molecule has 24 heavy (non-hydrogen) atoms. The lowest BCUT2D eigenvalue weighted by atomic mass is 10.1. The quantitative estimate of drug-likeness (QED) is 0.366. The highest BCUT2D eigenvalue weighted by Gasteiger charge is 2.14. The lowest BCUT2D eigenvalue weighted by molar-refractivity contribution is 0.0485. The van der Waals surface area contributed by atoms with Gasteiger partial charge in [-0.3, -0.25) is 0 Å². The summed E-state index contributed by atoms with van der Waals surface area (Å²) in [7, 11) is 3.17. The van der Waals surface area contributed by atoms with Gasteiger partial charge in [0.2, 0.25) is 0 Å². The van der Waals surface area contributed by atoms with Gasteiger partial charge in [0.05, 0.1) is 30.0 Å². The molecule has 0 aromatic heterocycles. The predicted molar refractivity (Wildman–Crippen MR) is 98.0 cm³/mol. The van der Waals surface area contributed by atoms with Crippen molar-refractivity contribution in [2.45, 2.75) is 6.42 Å². The minimum absolute atomic E-state index is 0.159. The van der Waals surface area contributed by atoms with E-state index in [1.165, 1.54) is 0 Å². The molecule has 0 radical (unpaired) electrons. The molecule has 1 aromatic rings. The van der Waals surface area contributed by atoms with Crippen LogP contribution in [0.2, 0.25) is 0 Å². The summed E-state index contributed by atoms with van der Waals surface area (Å²) in [6.45, 7) is 3.19. The SMILES string of the molecule is COCOc1c(I)cc(C/C(C#N)=C/N2CCOCC2)cc1OC. The van der Waals surface area contributed by atoms with E-state index in [2.05, 4.69) is 33.6 Å². The monoisotopic (exact) mass is 444 g/mol. The van der Waals surface area contributed by atoms with Gasteiger partial charge >= 0.3 is 0 Å². The van der Waals surface area contributed by atoms with Gasteiger partial charge in [0, 0.05) is 38.4 Å². The molecule has 2 rings (SSSR count). The molecule has 1 aromatic carbocycles. The van der Waals surface area contributed by atoms with Crippen LogP contribution in [-0.2, 0) is 15.9 Å². The Hall–Kier alpha value is -1.50. The summed E-state index contributed by atoms with van der Waals surface area (Å²) in [4.78, 5) is 2.13. The maximum atomic E-state index is 9.43. The first kappa shape index (κ1) is 18.8. The minimum atomic E-state index is 0.159. The third-order valence-corrected chi connectivity index (χ3v) is 4.33. The van der Waals surface area contributed by atoms with Crippen LogP contribution in [0.1, 0.15) is 5.56 Å². The third-order valence-electron chi connectivity index (χ3n) is 3.53. The van der Waals surface area contributed by atoms with Crippen molar-refractivity contribution < 1.29 is 18.9 Å². The van der Waals surface area contributed by atoms with E-state index in [9.17, 15) is 5.26 Å². The number of methoxy groups -OCH3 is 2. The van der Waals surface area contributed by atoms with Gasteiger partial charge < -0.3 is 23.8 Å². The fraction of sp³-hybridized carbons (Fsp3) is 0.471. The van der Waals surface area contributed by atoms with Gasteiger partial charge in [0.15, 0.2) is 18.3 Å². The molecule has 0 spiro atoms. The molecule has 0 atom stereocenters. The van der Waals surface area contributed by atoms with Gasteiger partial charge in [0.1, 0.15) is 0 Å². The second-order valence-corrected chi connectivity index (χ2v) is 6.41. The number of halogens is 1. The van der Waals surface area contributed by atoms with Crippen molar-refractivity contribution in [1.82, 2.24) is 4.90 Å². The molecule has 7 heteroatoms. The van der Waals surface area contributed by atoms with Crippen LogP contribution in [0.4, 0.5) is 0 Å². The van der Waals surface area contributed by atoms with E-state index in [1.54, 1.807) is 14.2 Å². The average Bonchev–Trinajstić information content (AvgIpc) is 2.60. The normalized spacial score (nSPS) is 15.1. The summed E-state index contributed by atoms with van der Waals surface area (Å²) < 4.78 is 22.2. The van der Waals surface area contributed by atoms with Crippen LogP contribution in [0.25, 0.3) is 0 Å². The summed E-state index contributed by atoms with van der Waals surface area (Å²) >= 11 is 2.20. The Morgan fingerprint density at radius 2 is 2.12 bits per heavy atom. The first-order chi connectivity index (χ1) is 11.7. The van der Waals surface area contributed by atoms with Crippen LogP contribution < -0.4 is 9.47 Å². The van der Waals surface area contributed by atoms with Crippen LogP contribution in [0.15, 0.2) is 23.9 Å². The van der Waals surface area contributed by atoms with Gasteiger partial charge in [-0.05, 0) is 40.3 Å². The first-order valence-corrected chi connectivity index (χ1v) is 8.66. The van der Waals surface area contributed by atoms with Crippen LogP contribution in [0, 0.1) is 14.9 Å². The Bertz CT molecular complexity index is 622. The molecule has 1 heterocycles. The zero-order valence-corrected chi connectivity index (χ0v) is 16.0. The number of hydrogen-bond acceptors (Lipinski definition) is 6. The molecule has 1 fully saturated rings. The number of benzene rings is 1. The minimum Gasteiger partial charge on any atom is -0.493 e. The van der Waals surface area contributed by atoms with Crippen molar-refractivity contribution in [1.29, 1.82) is 5.26 Å². The van der Waals surface area contributed by atoms with Crippen LogP contribution >= 0.6 is 22.6 Å². The Morgan fingerprint density at radius 1 is 1.38 bits per heavy atom. The smallest absolute Gasteiger partial charge is 0.188 e. The lowest BCUT2D eigenvalue weighted by Gasteiger charge is -2.25. The number of nitrogens with zero attached hydrogens (tertiary/aromatic N) is 2. The van der Waals surface area contributed by atoms with E-state index in [0.717, 1.165) is 22.2 Å². The molecular formula is C17H21IN2O4. The molecule has 0 saturated carbocycles. The zero-order chi connectivity index (χ0) is 17.4. The van der Waals surface area contributed by atoms with Gasteiger partial charge in [-0.15, -0.1) is 0 Å². The molecular weight excluding hydrogens is 423 g/mol. The molecule has 1 aliphatic heterocycles. The highest BCUT2D eigenvalue weighted by molar-refractivity contribution is 14.1. The standard InChI is InChI=1S/C17H21IN2O4/c1-21-12-24-17-15(18)8-13(9-16(17)22-2)7-14(10-19)11-20-3-5-23-6-4-20/h8-9,11H,3-7,12H2,1-2H3/b14-11-. The number of hydrogen-bond donors (Lipinski definition) is 0. The second kappa shape index (κ2) is 9.71. The zero-order valence-electron chi connectivity index (χ0n) is 13.9. The van der Waals surface area contributed by atoms with Crippen molar-refractivity contribution in [2.75, 3.05) is 47.3 Å². The number of rotatable bonds is 7. The molecule has 0 aliphatic carbocycles. The summed E-state index contributed by atoms with van der Waals surface area (Å²) in [6.07, 6.45) is 2.47. The molecule has 0 amide bonds. The second-order valence-electron chi connectivity index (χ2n) is 5.25. The van der Waals surface area contributed by atoms with Crippen molar-refractivity contribution in [3.63, 3.8) is 0 Å². The maximum Gasteiger partial charge on any atom is 0.188 e. The van der Waals surface area contributed by atoms with Crippen LogP contribution in [0.3, 0.4) is 0 Å². The van der Waals surface area contributed by atoms with E-state index in [0.29, 0.717) is 36.7 Å². The Labute approximate surface area is 156 Å². The summed E-state index contributed by atoms with van der Waals surface area (Å²) in [5.74, 6) is 1.29. The molecule has 1 saturated heterocycles. The van der Waals surface area contributed by atoms with Gasteiger partial charge in [0.25, 0.3) is 0 Å². The van der Waals surface area contributed by atoms with E-state index >= 15 is 0 Å². The van der Waals surface area contributed by atoms with Crippen molar-refractivity contribution >= 4 is 22.6 Å². The molecule has 6 nitrogen and oxygen atoms in total. The summed E-state index contributed by atoms with van der Waals surface area (Å²) in [5, 5.41) is 9.43. The van der Waals surface area contributed by atoms with E-state index < -0.39 is 0 Å². The predicted octanol–water partition coefficient (Wildman–Crippen LogP) is 2.56. The lowest BCUT2D eigenvalue weighted by Crippen LogP contribution is -2.32. The Kier molecular flexibility index (Phi) is 7.62. The van der Waals surface area contributed by atoms with Gasteiger partial charge in [-0.1, -0.05) is 0 Å². The van der Waals surface area contributed by atoms with E-state index in [1.807, 2.05) is 18.3 Å². The largest absolute Gasteiger partial charge is 0.493 e. The molecule has 1 aliphatic rings. The average molecular weight is 444 g/mol. The molecule has 0 N–H and O–H groups in total. The van der Waals surface area contributed by atoms with Crippen molar-refractivity contribution in [3.05, 3.63) is 33.0 Å². The number of allylic oxidation sites excluding steroid dienone is 1. The Morgan fingerprint density at radius 3 is 2.75 bits per heavy atom. The summed E-state index contributed by atoms with van der Waals surface area (Å²) in [5.41, 5.74) is 1.71. The number of morpholine rings is 1. The fourth-order valence-corrected chi connectivity index (χ4v) is 3.22. The number of nitriles is 1. The molecule has 0 unspecified atom stereocenters. The topological polar surface area (TPSA) is 64.0 Å². The summed E-state index contributed by atoms with van der Waals surface area (Å²) in [6, 6.07) is 6.19. The van der Waals surface area contributed by atoms with Gasteiger partial charge in [-0.2, -0.15) is 5.26 Å². The first-order valence-electron chi connectivity index (χ1n) is 7.58. The van der Waals surface area contributed by atoms with Gasteiger partial charge in [-0.25, -0.2) is 0 Å². The van der Waals surface area contributed by atoms with Crippen molar-refractivity contribution in [3.8, 4) is 17.6 Å². The molecule has 0 bridgehead atoms. The number of ether oxygens (including phenoxy) is 4. The van der Waals surface area contributed by atoms with Crippen LogP contribution in [-0.4, -0.2) is 52.2 Å². The highest BCUT2D eigenvalue weighted by atomic mass is 127. The Balaban J connectivity index is 2.17. The highest BCUT2D eigenvalue weighted by Crippen LogP contribution is 2.34. The fourth-order valence-electron chi connectivity index (χ4n) is 2.39. The maximum absolute atomic E-state index is 9.43. The van der Waals surface area contributed by atoms with E-state index in [-0.39, 0.29) is 6.79 Å².